The SMILES string of the molecule is CC1CCC2(CC1)NC(=O)N(CC(=O)Nc1ccc(F)c(F)c1)C2=O. The van der Waals surface area contributed by atoms with Crippen LogP contribution in [-0.4, -0.2) is 34.8 Å². The second-order valence-corrected chi connectivity index (χ2v) is 6.76. The molecule has 1 aliphatic heterocycles. The summed E-state index contributed by atoms with van der Waals surface area (Å²) in [5.41, 5.74) is -0.858. The van der Waals surface area contributed by atoms with Gasteiger partial charge in [-0.05, 0) is 43.7 Å². The summed E-state index contributed by atoms with van der Waals surface area (Å²) >= 11 is 0. The maximum atomic E-state index is 13.2. The molecule has 0 radical (unpaired) electrons. The lowest BCUT2D eigenvalue weighted by molar-refractivity contribution is -0.135. The van der Waals surface area contributed by atoms with Gasteiger partial charge in [-0.1, -0.05) is 6.92 Å². The van der Waals surface area contributed by atoms with Crippen LogP contribution in [0.2, 0.25) is 0 Å². The molecule has 1 spiro atoms. The van der Waals surface area contributed by atoms with E-state index in [1.54, 1.807) is 0 Å². The number of rotatable bonds is 3. The van der Waals surface area contributed by atoms with Crippen molar-refractivity contribution in [1.82, 2.24) is 10.2 Å². The van der Waals surface area contributed by atoms with Crippen LogP contribution in [-0.2, 0) is 9.59 Å². The lowest BCUT2D eigenvalue weighted by Gasteiger charge is -2.33. The fourth-order valence-electron chi connectivity index (χ4n) is 3.33. The highest BCUT2D eigenvalue weighted by atomic mass is 19.2. The van der Waals surface area contributed by atoms with Gasteiger partial charge in [0, 0.05) is 11.8 Å². The molecule has 0 aromatic heterocycles. The highest BCUT2D eigenvalue weighted by Gasteiger charge is 2.52. The number of urea groups is 1. The molecule has 1 aromatic carbocycles. The average molecular weight is 351 g/mol. The van der Waals surface area contributed by atoms with Crippen molar-refractivity contribution in [1.29, 1.82) is 0 Å². The van der Waals surface area contributed by atoms with Crippen molar-refractivity contribution in [2.75, 3.05) is 11.9 Å². The van der Waals surface area contributed by atoms with Crippen molar-refractivity contribution in [2.24, 2.45) is 5.92 Å². The molecule has 6 nitrogen and oxygen atoms in total. The number of benzene rings is 1. The van der Waals surface area contributed by atoms with Crippen LogP contribution in [0.1, 0.15) is 32.6 Å². The first kappa shape index (κ1) is 17.3. The summed E-state index contributed by atoms with van der Waals surface area (Å²) in [4.78, 5) is 37.7. The minimum absolute atomic E-state index is 0.0529. The molecule has 0 unspecified atom stereocenters. The summed E-state index contributed by atoms with van der Waals surface area (Å²) in [6.45, 7) is 1.63. The molecule has 8 heteroatoms. The number of amides is 4. The number of halogens is 2. The zero-order valence-electron chi connectivity index (χ0n) is 13.8. The summed E-state index contributed by atoms with van der Waals surface area (Å²) in [7, 11) is 0. The van der Waals surface area contributed by atoms with E-state index in [4.69, 9.17) is 0 Å². The Bertz CT molecular complexity index is 730. The molecule has 1 saturated carbocycles. The molecule has 134 valence electrons. The van der Waals surface area contributed by atoms with E-state index in [0.717, 1.165) is 29.9 Å². The smallest absolute Gasteiger partial charge is 0.324 e. The molecule has 1 aliphatic carbocycles. The van der Waals surface area contributed by atoms with E-state index in [-0.39, 0.29) is 5.69 Å². The van der Waals surface area contributed by atoms with E-state index in [0.29, 0.717) is 18.8 Å². The number of carbonyl (C=O) groups excluding carboxylic acids is 3. The zero-order chi connectivity index (χ0) is 18.2. The first-order valence-electron chi connectivity index (χ1n) is 8.20. The highest BCUT2D eigenvalue weighted by Crippen LogP contribution is 2.36. The molecular formula is C17H19F2N3O3. The summed E-state index contributed by atoms with van der Waals surface area (Å²) in [5, 5.41) is 5.08. The molecule has 1 saturated heterocycles. The van der Waals surface area contributed by atoms with Gasteiger partial charge in [0.2, 0.25) is 5.91 Å². The van der Waals surface area contributed by atoms with E-state index in [2.05, 4.69) is 17.6 Å². The summed E-state index contributed by atoms with van der Waals surface area (Å²) in [5.74, 6) is -2.68. The molecule has 2 fully saturated rings. The standard InChI is InChI=1S/C17H19F2N3O3/c1-10-4-6-17(7-5-10)15(24)22(16(25)21-17)9-14(23)20-11-2-3-12(18)13(19)8-11/h2-3,8,10H,4-7,9H2,1H3,(H,20,23)(H,21,25). The van der Waals surface area contributed by atoms with Crippen LogP contribution >= 0.6 is 0 Å². The van der Waals surface area contributed by atoms with Gasteiger partial charge in [-0.3, -0.25) is 14.5 Å². The number of nitrogens with one attached hydrogen (secondary N) is 2. The quantitative estimate of drug-likeness (QED) is 0.821. The second kappa shape index (κ2) is 6.42. The molecule has 2 aliphatic rings. The molecule has 25 heavy (non-hydrogen) atoms. The highest BCUT2D eigenvalue weighted by molar-refractivity contribution is 6.10. The topological polar surface area (TPSA) is 78.5 Å². The number of carbonyl (C=O) groups is 3. The van der Waals surface area contributed by atoms with Crippen LogP contribution in [0.25, 0.3) is 0 Å². The van der Waals surface area contributed by atoms with Gasteiger partial charge in [-0.15, -0.1) is 0 Å². The van der Waals surface area contributed by atoms with Crippen LogP contribution in [0.5, 0.6) is 0 Å². The third kappa shape index (κ3) is 3.33. The second-order valence-electron chi connectivity index (χ2n) is 6.76. The molecule has 0 atom stereocenters. The number of imide groups is 1. The third-order valence-corrected chi connectivity index (χ3v) is 4.88. The minimum atomic E-state index is -1.09. The third-order valence-electron chi connectivity index (χ3n) is 4.88. The van der Waals surface area contributed by atoms with Gasteiger partial charge >= 0.3 is 6.03 Å². The predicted molar refractivity (Wildman–Crippen MR) is 85.6 cm³/mol. The summed E-state index contributed by atoms with van der Waals surface area (Å²) < 4.78 is 26.1. The van der Waals surface area contributed by atoms with Crippen molar-refractivity contribution in [2.45, 2.75) is 38.1 Å². The molecule has 1 heterocycles. The average Bonchev–Trinajstić information content (AvgIpc) is 2.78. The van der Waals surface area contributed by atoms with Crippen LogP contribution in [0.4, 0.5) is 19.3 Å². The normalized spacial score (nSPS) is 26.0. The van der Waals surface area contributed by atoms with Gasteiger partial charge < -0.3 is 10.6 Å². The molecule has 2 N–H and O–H groups in total. The zero-order valence-corrected chi connectivity index (χ0v) is 13.8. The Labute approximate surface area is 143 Å². The van der Waals surface area contributed by atoms with Gasteiger partial charge in [-0.25, -0.2) is 13.6 Å². The van der Waals surface area contributed by atoms with Gasteiger partial charge in [-0.2, -0.15) is 0 Å². The van der Waals surface area contributed by atoms with Crippen molar-refractivity contribution in [3.05, 3.63) is 29.8 Å². The van der Waals surface area contributed by atoms with Crippen molar-refractivity contribution in [3.63, 3.8) is 0 Å². The maximum absolute atomic E-state index is 13.2. The number of nitrogens with zero attached hydrogens (tertiary/aromatic N) is 1. The Morgan fingerprint density at radius 1 is 1.28 bits per heavy atom. The van der Waals surface area contributed by atoms with E-state index >= 15 is 0 Å². The molecule has 1 aromatic rings. The van der Waals surface area contributed by atoms with Crippen LogP contribution in [0.15, 0.2) is 18.2 Å². The van der Waals surface area contributed by atoms with Gasteiger partial charge in [0.05, 0.1) is 0 Å². The number of hydrogen-bond donors (Lipinski definition) is 2. The van der Waals surface area contributed by atoms with Crippen LogP contribution in [0.3, 0.4) is 0 Å². The Kier molecular flexibility index (Phi) is 4.45. The van der Waals surface area contributed by atoms with Crippen molar-refractivity contribution >= 4 is 23.5 Å². The Balaban J connectivity index is 1.66. The maximum Gasteiger partial charge on any atom is 0.325 e. The van der Waals surface area contributed by atoms with Gasteiger partial charge in [0.15, 0.2) is 11.6 Å². The monoisotopic (exact) mass is 351 g/mol. The number of anilines is 1. The minimum Gasteiger partial charge on any atom is -0.324 e. The summed E-state index contributed by atoms with van der Waals surface area (Å²) in [6, 6.07) is 2.33. The van der Waals surface area contributed by atoms with Gasteiger partial charge in [0.25, 0.3) is 5.91 Å². The predicted octanol–water partition coefficient (Wildman–Crippen LogP) is 2.40. The van der Waals surface area contributed by atoms with E-state index in [1.165, 1.54) is 6.07 Å². The Morgan fingerprint density at radius 2 is 1.96 bits per heavy atom. The van der Waals surface area contributed by atoms with Gasteiger partial charge in [0.1, 0.15) is 12.1 Å². The fraction of sp³-hybridized carbons (Fsp3) is 0.471. The van der Waals surface area contributed by atoms with E-state index in [9.17, 15) is 23.2 Å². The van der Waals surface area contributed by atoms with Crippen molar-refractivity contribution < 1.29 is 23.2 Å². The summed E-state index contributed by atoms with van der Waals surface area (Å²) in [6.07, 6.45) is 2.78. The first-order valence-corrected chi connectivity index (χ1v) is 8.20. The van der Waals surface area contributed by atoms with Crippen molar-refractivity contribution in [3.8, 4) is 0 Å². The van der Waals surface area contributed by atoms with E-state index in [1.807, 2.05) is 0 Å². The lowest BCUT2D eigenvalue weighted by atomic mass is 9.77. The number of hydrogen-bond acceptors (Lipinski definition) is 3. The molecule has 4 amide bonds. The Hall–Kier alpha value is -2.51. The Morgan fingerprint density at radius 3 is 2.60 bits per heavy atom. The molecule has 3 rings (SSSR count). The first-order chi connectivity index (χ1) is 11.8. The van der Waals surface area contributed by atoms with Crippen LogP contribution in [0, 0.1) is 17.6 Å². The van der Waals surface area contributed by atoms with E-state index < -0.39 is 41.6 Å². The largest absolute Gasteiger partial charge is 0.325 e. The molecule has 0 bridgehead atoms. The fourth-order valence-corrected chi connectivity index (χ4v) is 3.33. The lowest BCUT2D eigenvalue weighted by Crippen LogP contribution is -2.49. The van der Waals surface area contributed by atoms with Crippen LogP contribution < -0.4 is 10.6 Å². The molecular weight excluding hydrogens is 332 g/mol.